The lowest BCUT2D eigenvalue weighted by atomic mass is 10.1. The zero-order valence-electron chi connectivity index (χ0n) is 17.7. The monoisotopic (exact) mass is 445 g/mol. The Morgan fingerprint density at radius 2 is 1.94 bits per heavy atom. The molecular weight excluding hydrogens is 418 g/mol. The van der Waals surface area contributed by atoms with E-state index in [0.29, 0.717) is 43.6 Å². The Balaban J connectivity index is 1.46. The second-order valence-corrected chi connectivity index (χ2v) is 8.82. The van der Waals surface area contributed by atoms with Gasteiger partial charge in [0.15, 0.2) is 11.5 Å². The molecule has 2 aromatic rings. The highest BCUT2D eigenvalue weighted by Crippen LogP contribution is 2.35. The topological polar surface area (TPSA) is 89.5 Å². The average molecular weight is 446 g/mol. The summed E-state index contributed by atoms with van der Waals surface area (Å²) in [5.74, 6) is 2.57. The highest BCUT2D eigenvalue weighted by molar-refractivity contribution is 7.88. The average Bonchev–Trinajstić information content (AvgIpc) is 3.19. The predicted octanol–water partition coefficient (Wildman–Crippen LogP) is 3.19. The van der Waals surface area contributed by atoms with Crippen molar-refractivity contribution in [3.05, 3.63) is 53.6 Å². The molecule has 2 aliphatic rings. The lowest BCUT2D eigenvalue weighted by Gasteiger charge is -2.33. The Morgan fingerprint density at radius 3 is 2.74 bits per heavy atom. The van der Waals surface area contributed by atoms with Crippen LogP contribution in [0.15, 0.2) is 46.9 Å². The van der Waals surface area contributed by atoms with E-state index in [1.54, 1.807) is 0 Å². The van der Waals surface area contributed by atoms with E-state index in [1.165, 1.54) is 0 Å². The van der Waals surface area contributed by atoms with Gasteiger partial charge in [-0.15, -0.1) is 4.40 Å². The highest BCUT2D eigenvalue weighted by Gasteiger charge is 2.36. The fourth-order valence-corrected chi connectivity index (χ4v) is 4.84. The first kappa shape index (κ1) is 21.5. The van der Waals surface area contributed by atoms with Crippen molar-refractivity contribution in [3.63, 3.8) is 0 Å². The SMILES string of the molecule is CCOc1cc([C@@H]2NS(=O)(=O)N=C3CCCN32)ccc1OCCOc1cccc(C)c1. The van der Waals surface area contributed by atoms with Gasteiger partial charge in [-0.25, -0.2) is 0 Å². The van der Waals surface area contributed by atoms with Crippen LogP contribution in [0, 0.1) is 6.92 Å². The summed E-state index contributed by atoms with van der Waals surface area (Å²) in [6.45, 7) is 5.88. The molecule has 0 unspecified atom stereocenters. The van der Waals surface area contributed by atoms with Crippen molar-refractivity contribution in [1.82, 2.24) is 9.62 Å². The van der Waals surface area contributed by atoms with E-state index in [4.69, 9.17) is 14.2 Å². The van der Waals surface area contributed by atoms with Gasteiger partial charge >= 0.3 is 10.2 Å². The van der Waals surface area contributed by atoms with Gasteiger partial charge in [0.1, 0.15) is 31.0 Å². The largest absolute Gasteiger partial charge is 0.490 e. The third kappa shape index (κ3) is 5.11. The summed E-state index contributed by atoms with van der Waals surface area (Å²) in [7, 11) is -3.71. The fraction of sp³-hybridized carbons (Fsp3) is 0.409. The van der Waals surface area contributed by atoms with Crippen LogP contribution in [0.1, 0.15) is 37.1 Å². The standard InChI is InChI=1S/C22H27N3O5S/c1-3-28-20-15-17(22-24-31(26,27)23-21-8-5-11-25(21)22)9-10-19(20)30-13-12-29-18-7-4-6-16(2)14-18/h4,6-7,9-10,14-15,22,24H,3,5,8,11-13H2,1-2H3/t22-/m1/s1. The molecule has 0 bridgehead atoms. The van der Waals surface area contributed by atoms with Crippen LogP contribution in [0.25, 0.3) is 0 Å². The minimum Gasteiger partial charge on any atom is -0.490 e. The maximum absolute atomic E-state index is 12.2. The molecule has 0 aliphatic carbocycles. The summed E-state index contributed by atoms with van der Waals surface area (Å²) in [5, 5.41) is 0. The molecule has 9 heteroatoms. The van der Waals surface area contributed by atoms with Gasteiger partial charge in [-0.05, 0) is 55.7 Å². The molecule has 1 saturated heterocycles. The van der Waals surface area contributed by atoms with E-state index in [2.05, 4.69) is 9.12 Å². The number of rotatable bonds is 8. The van der Waals surface area contributed by atoms with Gasteiger partial charge in [0, 0.05) is 13.0 Å². The molecular formula is C22H27N3O5S. The molecule has 0 saturated carbocycles. The molecule has 1 fully saturated rings. The molecule has 1 atom stereocenters. The molecule has 2 aromatic carbocycles. The molecule has 0 radical (unpaired) electrons. The number of hydrogen-bond donors (Lipinski definition) is 1. The Morgan fingerprint density at radius 1 is 1.10 bits per heavy atom. The van der Waals surface area contributed by atoms with E-state index in [9.17, 15) is 8.42 Å². The number of nitrogens with one attached hydrogen (secondary N) is 1. The number of benzene rings is 2. The summed E-state index contributed by atoms with van der Waals surface area (Å²) in [6, 6.07) is 13.3. The zero-order valence-corrected chi connectivity index (χ0v) is 18.5. The van der Waals surface area contributed by atoms with Gasteiger partial charge in [0.25, 0.3) is 0 Å². The lowest BCUT2D eigenvalue weighted by Crippen LogP contribution is -2.45. The first-order valence-corrected chi connectivity index (χ1v) is 11.9. The van der Waals surface area contributed by atoms with Crippen molar-refractivity contribution < 1.29 is 22.6 Å². The first-order chi connectivity index (χ1) is 14.9. The molecule has 0 spiro atoms. The summed E-state index contributed by atoms with van der Waals surface area (Å²) in [6.07, 6.45) is 1.04. The van der Waals surface area contributed by atoms with Gasteiger partial charge in [-0.3, -0.25) is 0 Å². The number of hydrogen-bond acceptors (Lipinski definition) is 6. The number of fused-ring (bicyclic) bond motifs is 1. The van der Waals surface area contributed by atoms with Crippen molar-refractivity contribution in [2.75, 3.05) is 26.4 Å². The van der Waals surface area contributed by atoms with E-state index in [0.717, 1.165) is 29.8 Å². The summed E-state index contributed by atoms with van der Waals surface area (Å²) in [4.78, 5) is 1.99. The van der Waals surface area contributed by atoms with Crippen molar-refractivity contribution in [1.29, 1.82) is 0 Å². The molecule has 31 heavy (non-hydrogen) atoms. The van der Waals surface area contributed by atoms with E-state index < -0.39 is 16.4 Å². The molecule has 1 N–H and O–H groups in total. The Kier molecular flexibility index (Phi) is 6.33. The quantitative estimate of drug-likeness (QED) is 0.628. The van der Waals surface area contributed by atoms with Crippen molar-refractivity contribution >= 4 is 16.0 Å². The van der Waals surface area contributed by atoms with E-state index >= 15 is 0 Å². The van der Waals surface area contributed by atoms with Crippen LogP contribution in [0.2, 0.25) is 0 Å². The van der Waals surface area contributed by atoms with Crippen molar-refractivity contribution in [2.24, 2.45) is 4.40 Å². The van der Waals surface area contributed by atoms with Crippen LogP contribution in [-0.4, -0.2) is 45.5 Å². The molecule has 2 aliphatic heterocycles. The number of ether oxygens (including phenoxy) is 3. The third-order valence-corrected chi connectivity index (χ3v) is 6.08. The molecule has 8 nitrogen and oxygen atoms in total. The Hall–Kier alpha value is -2.78. The smallest absolute Gasteiger partial charge is 0.323 e. The van der Waals surface area contributed by atoms with Gasteiger partial charge in [-0.2, -0.15) is 13.1 Å². The van der Waals surface area contributed by atoms with Gasteiger partial charge < -0.3 is 19.1 Å². The van der Waals surface area contributed by atoms with Crippen LogP contribution in [0.4, 0.5) is 0 Å². The molecule has 4 rings (SSSR count). The normalized spacial score (nSPS) is 19.5. The lowest BCUT2D eigenvalue weighted by molar-refractivity contribution is 0.208. The summed E-state index contributed by atoms with van der Waals surface area (Å²) < 4.78 is 48.2. The van der Waals surface area contributed by atoms with Crippen LogP contribution >= 0.6 is 0 Å². The number of amidine groups is 1. The van der Waals surface area contributed by atoms with Gasteiger partial charge in [0.05, 0.1) is 6.61 Å². The predicted molar refractivity (Wildman–Crippen MR) is 118 cm³/mol. The summed E-state index contributed by atoms with van der Waals surface area (Å²) in [5.41, 5.74) is 1.92. The molecule has 166 valence electrons. The minimum absolute atomic E-state index is 0.354. The third-order valence-electron chi connectivity index (χ3n) is 5.11. The zero-order chi connectivity index (χ0) is 21.8. The molecule has 2 heterocycles. The van der Waals surface area contributed by atoms with Gasteiger partial charge in [0.2, 0.25) is 0 Å². The highest BCUT2D eigenvalue weighted by atomic mass is 32.2. The summed E-state index contributed by atoms with van der Waals surface area (Å²) >= 11 is 0. The Labute approximate surface area is 183 Å². The van der Waals surface area contributed by atoms with Crippen molar-refractivity contribution in [3.8, 4) is 17.2 Å². The van der Waals surface area contributed by atoms with Crippen LogP contribution in [0.5, 0.6) is 17.2 Å². The van der Waals surface area contributed by atoms with Crippen LogP contribution in [0.3, 0.4) is 0 Å². The van der Waals surface area contributed by atoms with E-state index in [1.807, 2.05) is 61.2 Å². The maximum Gasteiger partial charge on any atom is 0.323 e. The Bertz CT molecular complexity index is 1070. The maximum atomic E-state index is 12.2. The first-order valence-electron chi connectivity index (χ1n) is 10.4. The van der Waals surface area contributed by atoms with Crippen molar-refractivity contribution in [2.45, 2.75) is 32.9 Å². The number of aryl methyl sites for hydroxylation is 1. The van der Waals surface area contributed by atoms with Gasteiger partial charge in [-0.1, -0.05) is 18.2 Å². The molecule has 0 aromatic heterocycles. The molecule has 0 amide bonds. The fourth-order valence-electron chi connectivity index (χ4n) is 3.77. The van der Waals surface area contributed by atoms with E-state index in [-0.39, 0.29) is 0 Å². The minimum atomic E-state index is -3.71. The second-order valence-electron chi connectivity index (χ2n) is 7.45. The van der Waals surface area contributed by atoms with Crippen LogP contribution in [-0.2, 0) is 10.2 Å². The van der Waals surface area contributed by atoms with Crippen LogP contribution < -0.4 is 18.9 Å². The second kappa shape index (κ2) is 9.15. The number of nitrogens with zero attached hydrogens (tertiary/aromatic N) is 2.